The van der Waals surface area contributed by atoms with Gasteiger partial charge in [-0.2, -0.15) is 29.8 Å². The number of nitrogens with zero attached hydrogens (tertiary/aromatic N) is 6. The van der Waals surface area contributed by atoms with E-state index < -0.39 is 11.6 Å². The van der Waals surface area contributed by atoms with Gasteiger partial charge in [-0.15, -0.1) is 0 Å². The molecule has 10 nitrogen and oxygen atoms in total. The Balaban J connectivity index is 0.000000177. The van der Waals surface area contributed by atoms with E-state index in [1.807, 2.05) is 60.7 Å². The summed E-state index contributed by atoms with van der Waals surface area (Å²) in [4.78, 5) is 0. The lowest BCUT2D eigenvalue weighted by atomic mass is 10.2. The van der Waals surface area contributed by atoms with Crippen molar-refractivity contribution in [1.82, 2.24) is 29.7 Å². The van der Waals surface area contributed by atoms with E-state index in [1.54, 1.807) is 85.2 Å². The van der Waals surface area contributed by atoms with Gasteiger partial charge in [0.05, 0.1) is 12.4 Å². The summed E-state index contributed by atoms with van der Waals surface area (Å²) in [5, 5.41) is 23.9. The predicted octanol–water partition coefficient (Wildman–Crippen LogP) is 12.1. The van der Waals surface area contributed by atoms with Crippen LogP contribution in [0.15, 0.2) is 156 Å². The molecule has 0 atom stereocenters. The fraction of sp³-hybridized carbons (Fsp3) is 0. The summed E-state index contributed by atoms with van der Waals surface area (Å²) < 4.78 is 43.4. The van der Waals surface area contributed by atoms with Crippen molar-refractivity contribution in [2.45, 2.75) is 0 Å². The first-order chi connectivity index (χ1) is 28.2. The van der Waals surface area contributed by atoms with Crippen molar-refractivity contribution in [1.29, 1.82) is 0 Å². The number of aromatic nitrogens is 6. The van der Waals surface area contributed by atoms with E-state index in [9.17, 15) is 8.78 Å². The maximum Gasteiger partial charge on any atom is 0.216 e. The van der Waals surface area contributed by atoms with Gasteiger partial charge in [0, 0.05) is 21.2 Å². The molecule has 0 fully saturated rings. The Bertz CT molecular complexity index is 2630. The van der Waals surface area contributed by atoms with Gasteiger partial charge in [-0.3, -0.25) is 0 Å². The van der Waals surface area contributed by atoms with Gasteiger partial charge in [-0.25, -0.2) is 19.0 Å². The van der Waals surface area contributed by atoms with Crippen molar-refractivity contribution in [2.24, 2.45) is 10.2 Å². The molecule has 0 saturated carbocycles. The Kier molecular flexibility index (Phi) is 12.7. The van der Waals surface area contributed by atoms with Crippen molar-refractivity contribution in [3.8, 4) is 45.8 Å². The molecule has 0 aliphatic carbocycles. The molecule has 0 aliphatic heterocycles. The molecule has 0 bridgehead atoms. The molecule has 0 saturated heterocycles. The standard InChI is InChI=1S/2C21H14ClFN4OS/c2*22-16-9-6-14(7-10-16)13-24-27-20(25-26-21(27)29)15-8-11-18(23)19(12-15)28-17-4-2-1-3-5-17/h2*1-13H,(H,26,29)/b2*24-13+. The highest BCUT2D eigenvalue weighted by molar-refractivity contribution is 7.71. The summed E-state index contributed by atoms with van der Waals surface area (Å²) in [5.41, 5.74) is 2.88. The van der Waals surface area contributed by atoms with Gasteiger partial charge in [-0.05, 0) is 120 Å². The Morgan fingerprint density at radius 1 is 0.534 bits per heavy atom. The van der Waals surface area contributed by atoms with Gasteiger partial charge in [0.15, 0.2) is 34.8 Å². The van der Waals surface area contributed by atoms with Crippen molar-refractivity contribution < 1.29 is 18.3 Å². The largest absolute Gasteiger partial charge is 0.454 e. The molecule has 8 rings (SSSR count). The second-order valence-electron chi connectivity index (χ2n) is 12.0. The molecular weight excluding hydrogens is 822 g/mol. The van der Waals surface area contributed by atoms with Crippen LogP contribution in [0.4, 0.5) is 8.78 Å². The number of benzene rings is 6. The number of halogens is 4. The fourth-order valence-electron chi connectivity index (χ4n) is 5.19. The summed E-state index contributed by atoms with van der Waals surface area (Å²) in [6.07, 6.45) is 3.27. The molecule has 0 unspecified atom stereocenters. The Labute approximate surface area is 350 Å². The molecule has 0 aliphatic rings. The van der Waals surface area contributed by atoms with Gasteiger partial charge < -0.3 is 9.47 Å². The van der Waals surface area contributed by atoms with Crippen LogP contribution in [-0.2, 0) is 0 Å². The van der Waals surface area contributed by atoms with Gasteiger partial charge in [0.2, 0.25) is 9.54 Å². The van der Waals surface area contributed by atoms with Gasteiger partial charge >= 0.3 is 0 Å². The Morgan fingerprint density at radius 3 is 1.29 bits per heavy atom. The number of nitrogens with one attached hydrogen (secondary N) is 2. The number of hydrogen-bond donors (Lipinski definition) is 2. The Hall–Kier alpha value is -6.58. The SMILES string of the molecule is Fc1ccc(-c2n[nH]c(=S)n2/N=C/c2ccc(Cl)cc2)cc1Oc1ccccc1.Fc1ccc(-c2n[nH]c(=S)n2/N=C/c2ccc(Cl)cc2)cc1Oc1ccccc1. The number of rotatable bonds is 10. The first-order valence-corrected chi connectivity index (χ1v) is 18.8. The topological polar surface area (TPSA) is 110 Å². The summed E-state index contributed by atoms with van der Waals surface area (Å²) in [7, 11) is 0. The summed E-state index contributed by atoms with van der Waals surface area (Å²) in [5.74, 6) is 1.11. The van der Waals surface area contributed by atoms with Crippen LogP contribution in [0.2, 0.25) is 10.0 Å². The molecule has 16 heteroatoms. The molecule has 58 heavy (non-hydrogen) atoms. The third-order valence-corrected chi connectivity index (χ3v) is 9.04. The monoisotopic (exact) mass is 848 g/mol. The molecule has 0 amide bonds. The minimum Gasteiger partial charge on any atom is -0.454 e. The van der Waals surface area contributed by atoms with Crippen LogP contribution >= 0.6 is 47.6 Å². The van der Waals surface area contributed by atoms with Crippen molar-refractivity contribution in [2.75, 3.05) is 0 Å². The quantitative estimate of drug-likeness (QED) is 0.105. The van der Waals surface area contributed by atoms with Crippen LogP contribution < -0.4 is 9.47 Å². The van der Waals surface area contributed by atoms with Crippen LogP contribution in [0.3, 0.4) is 0 Å². The number of ether oxygens (including phenoxy) is 2. The fourth-order valence-corrected chi connectivity index (χ4v) is 5.80. The molecule has 6 aromatic carbocycles. The van der Waals surface area contributed by atoms with Gasteiger partial charge in [0.1, 0.15) is 11.5 Å². The second-order valence-corrected chi connectivity index (χ2v) is 13.7. The second kappa shape index (κ2) is 18.6. The molecule has 2 heterocycles. The average molecular weight is 850 g/mol. The summed E-state index contributed by atoms with van der Waals surface area (Å²) in [6, 6.07) is 41.3. The first-order valence-electron chi connectivity index (χ1n) is 17.2. The minimum absolute atomic E-state index is 0.0795. The highest BCUT2D eigenvalue weighted by atomic mass is 35.5. The molecule has 0 spiro atoms. The molecule has 2 N–H and O–H groups in total. The third-order valence-electron chi connectivity index (χ3n) is 8.01. The highest BCUT2D eigenvalue weighted by Gasteiger charge is 2.15. The van der Waals surface area contributed by atoms with Gasteiger partial charge in [0.25, 0.3) is 0 Å². The van der Waals surface area contributed by atoms with Crippen LogP contribution in [0.1, 0.15) is 11.1 Å². The lowest BCUT2D eigenvalue weighted by Crippen LogP contribution is -1.96. The van der Waals surface area contributed by atoms with Crippen molar-refractivity contribution >= 4 is 60.1 Å². The van der Waals surface area contributed by atoms with E-state index in [0.29, 0.717) is 53.9 Å². The van der Waals surface area contributed by atoms with Crippen molar-refractivity contribution in [3.63, 3.8) is 0 Å². The van der Waals surface area contributed by atoms with E-state index in [2.05, 4.69) is 30.6 Å². The highest BCUT2D eigenvalue weighted by Crippen LogP contribution is 2.31. The third kappa shape index (κ3) is 10.0. The minimum atomic E-state index is -0.483. The average Bonchev–Trinajstić information content (AvgIpc) is 3.80. The number of H-pyrrole nitrogens is 2. The van der Waals surface area contributed by atoms with E-state index in [4.69, 9.17) is 57.1 Å². The summed E-state index contributed by atoms with van der Waals surface area (Å²) in [6.45, 7) is 0. The normalized spacial score (nSPS) is 11.1. The molecular formula is C42H28Cl2F2N8O2S2. The lowest BCUT2D eigenvalue weighted by Gasteiger charge is -2.08. The van der Waals surface area contributed by atoms with E-state index in [1.165, 1.54) is 21.5 Å². The lowest BCUT2D eigenvalue weighted by molar-refractivity contribution is 0.442. The molecule has 288 valence electrons. The summed E-state index contributed by atoms with van der Waals surface area (Å²) >= 11 is 22.4. The van der Waals surface area contributed by atoms with Gasteiger partial charge in [-0.1, -0.05) is 83.9 Å². The van der Waals surface area contributed by atoms with Crippen LogP contribution in [0.5, 0.6) is 23.0 Å². The van der Waals surface area contributed by atoms with Crippen LogP contribution in [0.25, 0.3) is 22.8 Å². The van der Waals surface area contributed by atoms with E-state index in [0.717, 1.165) is 11.1 Å². The molecule has 0 radical (unpaired) electrons. The van der Waals surface area contributed by atoms with E-state index in [-0.39, 0.29) is 11.5 Å². The van der Waals surface area contributed by atoms with Crippen LogP contribution in [0, 0.1) is 21.2 Å². The number of para-hydroxylation sites is 2. The Morgan fingerprint density at radius 2 is 0.914 bits per heavy atom. The molecule has 2 aromatic heterocycles. The number of aromatic amines is 2. The van der Waals surface area contributed by atoms with E-state index >= 15 is 0 Å². The van der Waals surface area contributed by atoms with Crippen LogP contribution in [-0.4, -0.2) is 42.2 Å². The predicted molar refractivity (Wildman–Crippen MR) is 228 cm³/mol. The first kappa shape index (κ1) is 39.6. The smallest absolute Gasteiger partial charge is 0.216 e. The molecule has 8 aromatic rings. The zero-order chi connectivity index (χ0) is 40.4. The number of hydrogen-bond acceptors (Lipinski definition) is 8. The maximum absolute atomic E-state index is 14.3. The zero-order valence-corrected chi connectivity index (χ0v) is 33.0. The van der Waals surface area contributed by atoms with Crippen molar-refractivity contribution in [3.05, 3.63) is 188 Å². The maximum atomic E-state index is 14.3. The zero-order valence-electron chi connectivity index (χ0n) is 29.8.